The molecule has 2 aromatic rings. The molecule has 0 saturated carbocycles. The first-order chi connectivity index (χ1) is 28.7. The van der Waals surface area contributed by atoms with Gasteiger partial charge in [-0.25, -0.2) is 0 Å². The highest BCUT2D eigenvalue weighted by molar-refractivity contribution is 5.72. The van der Waals surface area contributed by atoms with Gasteiger partial charge in [0, 0.05) is 12.1 Å². The van der Waals surface area contributed by atoms with Gasteiger partial charge >= 0.3 is 0 Å². The molecule has 0 aromatic heterocycles. The SMILES string of the molecule is CCCCCCCCCCOc1cc(/C=C/c2cc(OCCCCCCCCCC)cc(OCCCCCCCCCC)c2)cc(OCCCCCCCCCC)c1. The first-order valence-corrected chi connectivity index (χ1v) is 25.2. The quantitative estimate of drug-likeness (QED) is 0.0495. The lowest BCUT2D eigenvalue weighted by molar-refractivity contribution is 0.289. The van der Waals surface area contributed by atoms with Crippen molar-refractivity contribution < 1.29 is 18.9 Å². The maximum Gasteiger partial charge on any atom is 0.123 e. The molecule has 0 aliphatic rings. The van der Waals surface area contributed by atoms with Gasteiger partial charge in [0.2, 0.25) is 0 Å². The molecule has 0 heterocycles. The molecule has 0 bridgehead atoms. The molecule has 0 saturated heterocycles. The predicted octanol–water partition coefficient (Wildman–Crippen LogP) is 17.9. The fraction of sp³-hybridized carbons (Fsp3) is 0.741. The third kappa shape index (κ3) is 29.6. The molecule has 0 fully saturated rings. The topological polar surface area (TPSA) is 36.9 Å². The van der Waals surface area contributed by atoms with Gasteiger partial charge in [0.15, 0.2) is 0 Å². The smallest absolute Gasteiger partial charge is 0.123 e. The molecule has 4 nitrogen and oxygen atoms in total. The minimum absolute atomic E-state index is 0.747. The van der Waals surface area contributed by atoms with Gasteiger partial charge in [0.05, 0.1) is 26.4 Å². The Morgan fingerprint density at radius 2 is 0.448 bits per heavy atom. The molecule has 332 valence electrons. The van der Waals surface area contributed by atoms with Crippen molar-refractivity contribution in [1.29, 1.82) is 0 Å². The molecule has 0 spiro atoms. The summed E-state index contributed by atoms with van der Waals surface area (Å²) >= 11 is 0. The highest BCUT2D eigenvalue weighted by Crippen LogP contribution is 2.28. The third-order valence-electron chi connectivity index (χ3n) is 11.3. The zero-order chi connectivity index (χ0) is 41.4. The number of hydrogen-bond donors (Lipinski definition) is 0. The third-order valence-corrected chi connectivity index (χ3v) is 11.3. The average Bonchev–Trinajstić information content (AvgIpc) is 3.23. The van der Waals surface area contributed by atoms with Crippen molar-refractivity contribution in [2.75, 3.05) is 26.4 Å². The highest BCUT2D eigenvalue weighted by Gasteiger charge is 2.06. The Morgan fingerprint density at radius 1 is 0.259 bits per heavy atom. The van der Waals surface area contributed by atoms with Crippen LogP contribution in [0.2, 0.25) is 0 Å². The zero-order valence-corrected chi connectivity index (χ0v) is 38.7. The van der Waals surface area contributed by atoms with Gasteiger partial charge in [-0.3, -0.25) is 0 Å². The van der Waals surface area contributed by atoms with Crippen molar-refractivity contribution in [3.05, 3.63) is 47.5 Å². The van der Waals surface area contributed by atoms with E-state index >= 15 is 0 Å². The van der Waals surface area contributed by atoms with Gasteiger partial charge in [0.1, 0.15) is 23.0 Å². The van der Waals surface area contributed by atoms with E-state index < -0.39 is 0 Å². The van der Waals surface area contributed by atoms with Crippen molar-refractivity contribution in [3.8, 4) is 23.0 Å². The Morgan fingerprint density at radius 3 is 0.655 bits per heavy atom. The van der Waals surface area contributed by atoms with Crippen LogP contribution in [0.15, 0.2) is 36.4 Å². The number of unbranched alkanes of at least 4 members (excludes halogenated alkanes) is 28. The molecule has 0 unspecified atom stereocenters. The summed E-state index contributed by atoms with van der Waals surface area (Å²) in [6.07, 6.45) is 45.9. The Kier molecular flexibility index (Phi) is 34.3. The van der Waals surface area contributed by atoms with Crippen molar-refractivity contribution in [3.63, 3.8) is 0 Å². The number of hydrogen-bond acceptors (Lipinski definition) is 4. The summed E-state index contributed by atoms with van der Waals surface area (Å²) in [6, 6.07) is 12.8. The molecule has 58 heavy (non-hydrogen) atoms. The maximum atomic E-state index is 6.35. The van der Waals surface area contributed by atoms with Crippen molar-refractivity contribution >= 4 is 12.2 Å². The van der Waals surface area contributed by atoms with Crippen LogP contribution in [0, 0.1) is 0 Å². The van der Waals surface area contributed by atoms with E-state index in [9.17, 15) is 0 Å². The lowest BCUT2D eigenvalue weighted by Gasteiger charge is -2.13. The van der Waals surface area contributed by atoms with Crippen LogP contribution in [-0.4, -0.2) is 26.4 Å². The standard InChI is InChI=1S/C54H92O4/c1-5-9-13-17-21-25-29-33-39-55-51-43-49(44-52(47-51)56-40-34-30-26-22-18-14-10-6-2)37-38-50-45-53(57-41-35-31-27-23-19-15-11-7-3)48-54(46-50)58-42-36-32-28-24-20-16-12-8-4/h37-38,43-48H,5-36,39-42H2,1-4H3/b38-37+. The minimum Gasteiger partial charge on any atom is -0.493 e. The van der Waals surface area contributed by atoms with E-state index in [0.29, 0.717) is 0 Å². The van der Waals surface area contributed by atoms with Crippen LogP contribution in [0.4, 0.5) is 0 Å². The summed E-state index contributed by atoms with van der Waals surface area (Å²) in [4.78, 5) is 0. The van der Waals surface area contributed by atoms with Crippen LogP contribution in [0.5, 0.6) is 23.0 Å². The van der Waals surface area contributed by atoms with Crippen LogP contribution in [-0.2, 0) is 0 Å². The molecule has 2 aromatic carbocycles. The maximum absolute atomic E-state index is 6.35. The lowest BCUT2D eigenvalue weighted by Crippen LogP contribution is -2.01. The van der Waals surface area contributed by atoms with Crippen LogP contribution in [0.1, 0.15) is 244 Å². The average molecular weight is 805 g/mol. The van der Waals surface area contributed by atoms with Crippen LogP contribution in [0.3, 0.4) is 0 Å². The fourth-order valence-corrected chi connectivity index (χ4v) is 7.61. The summed E-state index contributed by atoms with van der Waals surface area (Å²) in [5.41, 5.74) is 2.18. The Hall–Kier alpha value is -2.62. The van der Waals surface area contributed by atoms with Gasteiger partial charge in [-0.15, -0.1) is 0 Å². The Bertz CT molecular complexity index is 1050. The van der Waals surface area contributed by atoms with Crippen LogP contribution < -0.4 is 18.9 Å². The summed E-state index contributed by atoms with van der Waals surface area (Å²) in [6.45, 7) is 12.1. The van der Waals surface area contributed by atoms with Crippen LogP contribution in [0.25, 0.3) is 12.2 Å². The first-order valence-electron chi connectivity index (χ1n) is 25.2. The number of ether oxygens (including phenoxy) is 4. The van der Waals surface area contributed by atoms with Crippen molar-refractivity contribution in [1.82, 2.24) is 0 Å². The number of rotatable bonds is 42. The molecular formula is C54H92O4. The molecule has 0 N–H and O–H groups in total. The van der Waals surface area contributed by atoms with Gasteiger partial charge < -0.3 is 18.9 Å². The van der Waals surface area contributed by atoms with Gasteiger partial charge in [-0.05, 0) is 61.1 Å². The van der Waals surface area contributed by atoms with Crippen molar-refractivity contribution in [2.24, 2.45) is 0 Å². The van der Waals surface area contributed by atoms with E-state index in [4.69, 9.17) is 18.9 Å². The highest BCUT2D eigenvalue weighted by atomic mass is 16.5. The molecule has 0 aliphatic carbocycles. The molecule has 4 heteroatoms. The first kappa shape index (κ1) is 51.5. The second-order valence-corrected chi connectivity index (χ2v) is 17.1. The van der Waals surface area contributed by atoms with Crippen LogP contribution >= 0.6 is 0 Å². The van der Waals surface area contributed by atoms with Gasteiger partial charge in [0.25, 0.3) is 0 Å². The largest absolute Gasteiger partial charge is 0.493 e. The zero-order valence-electron chi connectivity index (χ0n) is 38.7. The molecule has 2 rings (SSSR count). The Balaban J connectivity index is 2.06. The Labute approximate surface area is 360 Å². The second kappa shape index (κ2) is 38.6. The summed E-state index contributed by atoms with van der Waals surface area (Å²) in [5, 5.41) is 0. The van der Waals surface area contributed by atoms with E-state index in [1.807, 2.05) is 0 Å². The van der Waals surface area contributed by atoms with E-state index in [0.717, 1.165) is 86.2 Å². The normalized spacial score (nSPS) is 11.4. The molecule has 0 radical (unpaired) electrons. The molecule has 0 amide bonds. The van der Waals surface area contributed by atoms with E-state index in [-0.39, 0.29) is 0 Å². The molecular weight excluding hydrogens is 713 g/mol. The van der Waals surface area contributed by atoms with Gasteiger partial charge in [-0.1, -0.05) is 220 Å². The summed E-state index contributed by atoms with van der Waals surface area (Å²) < 4.78 is 25.4. The summed E-state index contributed by atoms with van der Waals surface area (Å²) in [5.74, 6) is 3.58. The second-order valence-electron chi connectivity index (χ2n) is 17.1. The predicted molar refractivity (Wildman–Crippen MR) is 254 cm³/mol. The van der Waals surface area contributed by atoms with Crippen molar-refractivity contribution in [2.45, 2.75) is 233 Å². The van der Waals surface area contributed by atoms with Gasteiger partial charge in [-0.2, -0.15) is 0 Å². The molecule has 0 atom stereocenters. The van der Waals surface area contributed by atoms with E-state index in [1.165, 1.54) is 180 Å². The van der Waals surface area contributed by atoms with E-state index in [2.05, 4.69) is 76.2 Å². The lowest BCUT2D eigenvalue weighted by atomic mass is 10.1. The minimum atomic E-state index is 0.747. The van der Waals surface area contributed by atoms with E-state index in [1.54, 1.807) is 0 Å². The fourth-order valence-electron chi connectivity index (χ4n) is 7.61. The monoisotopic (exact) mass is 805 g/mol. The summed E-state index contributed by atoms with van der Waals surface area (Å²) in [7, 11) is 0. The number of benzene rings is 2. The molecule has 0 aliphatic heterocycles.